The van der Waals surface area contributed by atoms with E-state index in [9.17, 15) is 12.3 Å². The topological polar surface area (TPSA) is 60.2 Å². The standard InChI is InChI=1S/C10H14FNO2S/c11-15(13,14)7-6-10(8-12)9-4-2-1-3-5-9/h1-5,10H,6-8,12H2. The summed E-state index contributed by atoms with van der Waals surface area (Å²) in [6.45, 7) is 0.319. The van der Waals surface area contributed by atoms with Gasteiger partial charge in [0, 0.05) is 0 Å². The van der Waals surface area contributed by atoms with Crippen LogP contribution in [0.3, 0.4) is 0 Å². The first-order valence-electron chi connectivity index (χ1n) is 4.70. The highest BCUT2D eigenvalue weighted by Gasteiger charge is 2.14. The van der Waals surface area contributed by atoms with Gasteiger partial charge >= 0.3 is 10.2 Å². The molecule has 2 N–H and O–H groups in total. The van der Waals surface area contributed by atoms with Gasteiger partial charge in [-0.25, -0.2) is 0 Å². The number of halogens is 1. The van der Waals surface area contributed by atoms with Gasteiger partial charge in [0.15, 0.2) is 0 Å². The molecule has 0 aliphatic rings. The summed E-state index contributed by atoms with van der Waals surface area (Å²) in [5.41, 5.74) is 6.46. The minimum atomic E-state index is -4.39. The summed E-state index contributed by atoms with van der Waals surface area (Å²) in [5.74, 6) is -0.569. The van der Waals surface area contributed by atoms with E-state index in [0.717, 1.165) is 5.56 Å². The van der Waals surface area contributed by atoms with E-state index in [1.165, 1.54) is 0 Å². The Morgan fingerprint density at radius 3 is 2.33 bits per heavy atom. The lowest BCUT2D eigenvalue weighted by Gasteiger charge is -2.13. The van der Waals surface area contributed by atoms with Gasteiger partial charge in [-0.3, -0.25) is 0 Å². The number of rotatable bonds is 5. The average molecular weight is 231 g/mol. The molecule has 15 heavy (non-hydrogen) atoms. The third-order valence-electron chi connectivity index (χ3n) is 2.27. The van der Waals surface area contributed by atoms with Crippen molar-refractivity contribution in [3.8, 4) is 0 Å². The summed E-state index contributed by atoms with van der Waals surface area (Å²) in [5, 5.41) is 0. The summed E-state index contributed by atoms with van der Waals surface area (Å²) in [6, 6.07) is 9.29. The first-order chi connectivity index (χ1) is 7.03. The van der Waals surface area contributed by atoms with Crippen LogP contribution in [0.2, 0.25) is 0 Å². The van der Waals surface area contributed by atoms with Gasteiger partial charge in [-0.1, -0.05) is 30.3 Å². The molecule has 5 heteroatoms. The molecule has 0 heterocycles. The van der Waals surface area contributed by atoms with Crippen molar-refractivity contribution in [3.05, 3.63) is 35.9 Å². The number of hydrogen-bond donors (Lipinski definition) is 1. The minimum absolute atomic E-state index is 0.100. The Hall–Kier alpha value is -0.940. The highest BCUT2D eigenvalue weighted by molar-refractivity contribution is 7.86. The van der Waals surface area contributed by atoms with Crippen molar-refractivity contribution < 1.29 is 12.3 Å². The van der Waals surface area contributed by atoms with Gasteiger partial charge in [-0.05, 0) is 24.4 Å². The maximum atomic E-state index is 12.3. The quantitative estimate of drug-likeness (QED) is 0.780. The van der Waals surface area contributed by atoms with E-state index in [2.05, 4.69) is 0 Å². The molecule has 1 aromatic rings. The van der Waals surface area contributed by atoms with Crippen molar-refractivity contribution in [1.29, 1.82) is 0 Å². The molecular weight excluding hydrogens is 217 g/mol. The highest BCUT2D eigenvalue weighted by atomic mass is 32.3. The Morgan fingerprint density at radius 2 is 1.87 bits per heavy atom. The Kier molecular flexibility index (Phi) is 4.23. The normalized spacial score (nSPS) is 13.7. The van der Waals surface area contributed by atoms with Gasteiger partial charge in [0.25, 0.3) is 0 Å². The summed E-state index contributed by atoms with van der Waals surface area (Å²) in [4.78, 5) is 0. The van der Waals surface area contributed by atoms with Crippen LogP contribution in [0.1, 0.15) is 17.9 Å². The summed E-state index contributed by atoms with van der Waals surface area (Å²) >= 11 is 0. The largest absolute Gasteiger partial charge is 0.330 e. The fraction of sp³-hybridized carbons (Fsp3) is 0.400. The van der Waals surface area contributed by atoms with Crippen LogP contribution in [0.15, 0.2) is 30.3 Å². The van der Waals surface area contributed by atoms with Gasteiger partial charge in [-0.2, -0.15) is 8.42 Å². The summed E-state index contributed by atoms with van der Waals surface area (Å²) in [6.07, 6.45) is 0.222. The first kappa shape index (κ1) is 12.1. The molecule has 0 bridgehead atoms. The molecule has 0 aromatic heterocycles. The molecule has 0 aliphatic heterocycles. The monoisotopic (exact) mass is 231 g/mol. The Bertz CT molecular complexity index is 391. The fourth-order valence-electron chi connectivity index (χ4n) is 1.43. The van der Waals surface area contributed by atoms with Crippen LogP contribution in [-0.4, -0.2) is 20.7 Å². The molecule has 0 fully saturated rings. The fourth-order valence-corrected chi connectivity index (χ4v) is 1.99. The molecule has 0 aliphatic carbocycles. The lowest BCUT2D eigenvalue weighted by Crippen LogP contribution is -2.15. The van der Waals surface area contributed by atoms with E-state index >= 15 is 0 Å². The number of nitrogens with two attached hydrogens (primary N) is 1. The molecule has 1 unspecified atom stereocenters. The van der Waals surface area contributed by atoms with Crippen molar-refractivity contribution >= 4 is 10.2 Å². The molecule has 0 radical (unpaired) electrons. The smallest absolute Gasteiger partial charge is 0.302 e. The van der Waals surface area contributed by atoms with E-state index in [0.29, 0.717) is 6.54 Å². The van der Waals surface area contributed by atoms with Crippen molar-refractivity contribution in [2.45, 2.75) is 12.3 Å². The Morgan fingerprint density at radius 1 is 1.27 bits per heavy atom. The summed E-state index contributed by atoms with van der Waals surface area (Å²) in [7, 11) is -4.39. The maximum Gasteiger partial charge on any atom is 0.302 e. The van der Waals surface area contributed by atoms with Crippen molar-refractivity contribution in [2.75, 3.05) is 12.3 Å². The number of hydrogen-bond acceptors (Lipinski definition) is 3. The van der Waals surface area contributed by atoms with Gasteiger partial charge in [-0.15, -0.1) is 3.89 Å². The first-order valence-corrected chi connectivity index (χ1v) is 6.25. The molecule has 3 nitrogen and oxygen atoms in total. The van der Waals surface area contributed by atoms with Crippen LogP contribution in [0, 0.1) is 0 Å². The van der Waals surface area contributed by atoms with E-state index in [1.807, 2.05) is 30.3 Å². The predicted octanol–water partition coefficient (Wildman–Crippen LogP) is 1.42. The van der Waals surface area contributed by atoms with Crippen LogP contribution in [0.4, 0.5) is 3.89 Å². The van der Waals surface area contributed by atoms with Gasteiger partial charge in [0.05, 0.1) is 5.75 Å². The average Bonchev–Trinajstić information content (AvgIpc) is 2.19. The highest BCUT2D eigenvalue weighted by Crippen LogP contribution is 2.18. The van der Waals surface area contributed by atoms with Crippen LogP contribution in [0.25, 0.3) is 0 Å². The maximum absolute atomic E-state index is 12.3. The third kappa shape index (κ3) is 4.40. The molecule has 1 atom stereocenters. The minimum Gasteiger partial charge on any atom is -0.330 e. The lowest BCUT2D eigenvalue weighted by molar-refractivity contribution is 0.543. The van der Waals surface area contributed by atoms with Crippen LogP contribution >= 0.6 is 0 Å². The molecular formula is C10H14FNO2S. The van der Waals surface area contributed by atoms with Gasteiger partial charge in [0.2, 0.25) is 0 Å². The molecule has 0 saturated carbocycles. The molecule has 0 amide bonds. The zero-order chi connectivity index (χ0) is 11.3. The number of benzene rings is 1. The molecule has 0 spiro atoms. The third-order valence-corrected chi connectivity index (χ3v) is 2.99. The van der Waals surface area contributed by atoms with Gasteiger partial charge < -0.3 is 5.73 Å². The Labute approximate surface area is 89.3 Å². The van der Waals surface area contributed by atoms with Crippen molar-refractivity contribution in [3.63, 3.8) is 0 Å². The summed E-state index contributed by atoms with van der Waals surface area (Å²) < 4.78 is 33.1. The van der Waals surface area contributed by atoms with E-state index in [4.69, 9.17) is 5.73 Å². The van der Waals surface area contributed by atoms with Crippen LogP contribution in [0.5, 0.6) is 0 Å². The van der Waals surface area contributed by atoms with E-state index in [-0.39, 0.29) is 12.3 Å². The van der Waals surface area contributed by atoms with Crippen molar-refractivity contribution in [1.82, 2.24) is 0 Å². The molecule has 0 saturated heterocycles. The second-order valence-corrected chi connectivity index (χ2v) is 4.86. The molecule has 1 rings (SSSR count). The second kappa shape index (κ2) is 5.23. The molecule has 1 aromatic carbocycles. The van der Waals surface area contributed by atoms with Crippen LogP contribution < -0.4 is 5.73 Å². The lowest BCUT2D eigenvalue weighted by atomic mass is 9.97. The SMILES string of the molecule is NCC(CCS(=O)(=O)F)c1ccccc1. The van der Waals surface area contributed by atoms with E-state index in [1.54, 1.807) is 0 Å². The van der Waals surface area contributed by atoms with Gasteiger partial charge in [0.1, 0.15) is 0 Å². The van der Waals surface area contributed by atoms with Crippen molar-refractivity contribution in [2.24, 2.45) is 5.73 Å². The molecule has 84 valence electrons. The zero-order valence-electron chi connectivity index (χ0n) is 8.27. The Balaban J connectivity index is 2.66. The second-order valence-electron chi connectivity index (χ2n) is 3.37. The zero-order valence-corrected chi connectivity index (χ0v) is 9.08. The van der Waals surface area contributed by atoms with Crippen LogP contribution in [-0.2, 0) is 10.2 Å². The van der Waals surface area contributed by atoms with E-state index < -0.39 is 16.0 Å². The predicted molar refractivity (Wildman–Crippen MR) is 57.7 cm³/mol.